The Balaban J connectivity index is 0.000000198. The van der Waals surface area contributed by atoms with Crippen LogP contribution >= 0.6 is 0 Å². The molecule has 2 aromatic carbocycles. The summed E-state index contributed by atoms with van der Waals surface area (Å²) in [4.78, 5) is 59.9. The number of carbonyl (C=O) groups excluding carboxylic acids is 5. The van der Waals surface area contributed by atoms with Crippen LogP contribution in [0.25, 0.3) is 11.0 Å². The topological polar surface area (TPSA) is 159 Å². The van der Waals surface area contributed by atoms with Crippen LogP contribution in [0.5, 0.6) is 5.75 Å². The van der Waals surface area contributed by atoms with Crippen LogP contribution in [0.1, 0.15) is 45.8 Å². The number of hydrogen-bond acceptors (Lipinski definition) is 7. The molecule has 2 fully saturated rings. The summed E-state index contributed by atoms with van der Waals surface area (Å²) in [5.74, 6) is -1.02. The Bertz CT molecular complexity index is 1600. The second kappa shape index (κ2) is 9.11. The third-order valence-corrected chi connectivity index (χ3v) is 6.93. The van der Waals surface area contributed by atoms with Gasteiger partial charge in [0.25, 0.3) is 17.7 Å². The monoisotopic (exact) mass is 537 g/mol. The largest absolute Gasteiger partial charge is 0.497 e. The van der Waals surface area contributed by atoms with E-state index in [1.54, 1.807) is 25.1 Å². The van der Waals surface area contributed by atoms with E-state index in [1.807, 2.05) is 12.1 Å². The molecule has 0 aliphatic carbocycles. The van der Waals surface area contributed by atoms with Gasteiger partial charge >= 0.3 is 12.1 Å². The molecule has 4 N–H and O–H groups in total. The van der Waals surface area contributed by atoms with E-state index >= 15 is 0 Å². The summed E-state index contributed by atoms with van der Waals surface area (Å²) in [5, 5.41) is 9.40. The Kier molecular flexibility index (Phi) is 6.01. The first-order chi connectivity index (χ1) is 18.4. The van der Waals surface area contributed by atoms with E-state index in [0.717, 1.165) is 16.9 Å². The highest BCUT2D eigenvalue weighted by Crippen LogP contribution is 2.36. The number of ether oxygens (including phenoxy) is 1. The van der Waals surface area contributed by atoms with Gasteiger partial charge in [-0.25, -0.2) is 14.0 Å². The molecule has 12 nitrogen and oxygen atoms in total. The molecule has 1 aromatic heterocycles. The highest BCUT2D eigenvalue weighted by atomic mass is 19.1. The molecule has 3 aliphatic rings. The minimum Gasteiger partial charge on any atom is -0.497 e. The van der Waals surface area contributed by atoms with Gasteiger partial charge in [0.15, 0.2) is 6.04 Å². The maximum Gasteiger partial charge on any atom is 0.322 e. The lowest BCUT2D eigenvalue weighted by molar-refractivity contribution is -0.124. The van der Waals surface area contributed by atoms with E-state index in [-0.39, 0.29) is 28.4 Å². The van der Waals surface area contributed by atoms with Crippen molar-refractivity contribution >= 4 is 40.8 Å². The lowest BCUT2D eigenvalue weighted by atomic mass is 9.89. The van der Waals surface area contributed by atoms with E-state index in [2.05, 4.69) is 21.3 Å². The van der Waals surface area contributed by atoms with Crippen molar-refractivity contribution < 1.29 is 37.5 Å². The average Bonchev–Trinajstić information content (AvgIpc) is 3.61. The summed E-state index contributed by atoms with van der Waals surface area (Å²) >= 11 is 0. The predicted molar refractivity (Wildman–Crippen MR) is 133 cm³/mol. The molecule has 13 heteroatoms. The standard InChI is InChI=1S/C16H13FN4O5.C10H11NO2/c1-5-9(17)7(16(2)13(23)20-15(25)21-16)3-6-4-8(26-11(5)6)10-12(22)19-14(24)18-10;1-11-6-7-3-4-8(13-2)5-9(7)10(11)12/h3-4,10H,1-2H3,(H2,18,19,22,24)(H2,20,21,23,25);3-5H,6H2,1-2H3. The molecule has 4 heterocycles. The van der Waals surface area contributed by atoms with Crippen molar-refractivity contribution in [3.8, 4) is 5.75 Å². The molecule has 3 aliphatic heterocycles. The molecule has 2 saturated heterocycles. The number of urea groups is 2. The summed E-state index contributed by atoms with van der Waals surface area (Å²) in [6.45, 7) is 3.56. The van der Waals surface area contributed by atoms with Gasteiger partial charge in [0.05, 0.1) is 7.11 Å². The summed E-state index contributed by atoms with van der Waals surface area (Å²) in [7, 11) is 3.40. The fraction of sp³-hybridized carbons (Fsp3) is 0.269. The first-order valence-electron chi connectivity index (χ1n) is 11.8. The van der Waals surface area contributed by atoms with Crippen LogP contribution in [-0.4, -0.2) is 48.8 Å². The minimum absolute atomic E-state index is 0.0295. The molecule has 39 heavy (non-hydrogen) atoms. The summed E-state index contributed by atoms with van der Waals surface area (Å²) in [6, 6.07) is 6.09. The van der Waals surface area contributed by atoms with Crippen molar-refractivity contribution in [3.05, 3.63) is 64.2 Å². The number of rotatable bonds is 3. The Morgan fingerprint density at radius 3 is 2.44 bits per heavy atom. The Morgan fingerprint density at radius 1 is 1.08 bits per heavy atom. The maximum atomic E-state index is 14.9. The quantitative estimate of drug-likeness (QED) is 0.372. The zero-order valence-corrected chi connectivity index (χ0v) is 21.4. The number of furan rings is 1. The van der Waals surface area contributed by atoms with E-state index in [4.69, 9.17) is 9.15 Å². The highest BCUT2D eigenvalue weighted by molar-refractivity contribution is 6.08. The van der Waals surface area contributed by atoms with Crippen molar-refractivity contribution in [1.29, 1.82) is 0 Å². The number of methoxy groups -OCH3 is 1. The van der Waals surface area contributed by atoms with Gasteiger partial charge in [0.1, 0.15) is 28.4 Å². The first-order valence-corrected chi connectivity index (χ1v) is 11.8. The number of aryl methyl sites for hydroxylation is 1. The van der Waals surface area contributed by atoms with Gasteiger partial charge in [-0.2, -0.15) is 0 Å². The number of halogens is 1. The number of amides is 7. The smallest absolute Gasteiger partial charge is 0.322 e. The number of hydrogen-bond donors (Lipinski definition) is 4. The molecule has 3 aromatic rings. The van der Waals surface area contributed by atoms with Gasteiger partial charge in [-0.1, -0.05) is 6.07 Å². The van der Waals surface area contributed by atoms with Crippen LogP contribution in [0, 0.1) is 12.7 Å². The molecule has 6 rings (SSSR count). The van der Waals surface area contributed by atoms with Crippen LogP contribution in [0.4, 0.5) is 14.0 Å². The number of fused-ring (bicyclic) bond motifs is 2. The van der Waals surface area contributed by atoms with E-state index in [0.29, 0.717) is 11.9 Å². The Labute approximate surface area is 220 Å². The molecule has 0 spiro atoms. The maximum absolute atomic E-state index is 14.9. The molecule has 202 valence electrons. The molecule has 2 unspecified atom stereocenters. The zero-order chi connectivity index (χ0) is 28.2. The summed E-state index contributed by atoms with van der Waals surface area (Å²) < 4.78 is 25.5. The lowest BCUT2D eigenvalue weighted by Crippen LogP contribution is -2.41. The van der Waals surface area contributed by atoms with E-state index < -0.39 is 41.3 Å². The molecule has 0 radical (unpaired) electrons. The number of imide groups is 2. The second-order valence-electron chi connectivity index (χ2n) is 9.54. The van der Waals surface area contributed by atoms with Gasteiger partial charge < -0.3 is 24.7 Å². The summed E-state index contributed by atoms with van der Waals surface area (Å²) in [5.41, 5.74) is 0.539. The number of carbonyl (C=O) groups is 5. The minimum atomic E-state index is -1.57. The highest BCUT2D eigenvalue weighted by Gasteiger charge is 2.46. The van der Waals surface area contributed by atoms with Crippen LogP contribution in [0.15, 0.2) is 34.7 Å². The fourth-order valence-corrected chi connectivity index (χ4v) is 4.75. The van der Waals surface area contributed by atoms with Crippen molar-refractivity contribution in [2.45, 2.75) is 32.0 Å². The summed E-state index contributed by atoms with van der Waals surface area (Å²) in [6.07, 6.45) is 0. The van der Waals surface area contributed by atoms with Crippen LogP contribution in [0.2, 0.25) is 0 Å². The van der Waals surface area contributed by atoms with Crippen LogP contribution in [-0.2, 0) is 21.7 Å². The first kappa shape index (κ1) is 25.7. The average molecular weight is 538 g/mol. The van der Waals surface area contributed by atoms with Crippen LogP contribution in [0.3, 0.4) is 0 Å². The van der Waals surface area contributed by atoms with Crippen molar-refractivity contribution in [1.82, 2.24) is 26.2 Å². The van der Waals surface area contributed by atoms with Crippen molar-refractivity contribution in [2.24, 2.45) is 0 Å². The molecular weight excluding hydrogens is 513 g/mol. The normalized spacial score (nSPS) is 21.7. The third kappa shape index (κ3) is 4.21. The molecular formula is C26H24FN5O7. The van der Waals surface area contributed by atoms with Gasteiger partial charge in [-0.3, -0.25) is 25.0 Å². The molecule has 7 amide bonds. The van der Waals surface area contributed by atoms with Crippen molar-refractivity contribution in [3.63, 3.8) is 0 Å². The van der Waals surface area contributed by atoms with Gasteiger partial charge in [-0.15, -0.1) is 0 Å². The Hall–Kier alpha value is -4.94. The SMILES string of the molecule is COc1ccc2c(c1)C(=O)N(C)C2.Cc1c(F)c(C2(C)NC(=O)NC2=O)cc2cc(C3NC(=O)NC3=O)oc12. The lowest BCUT2D eigenvalue weighted by Gasteiger charge is -2.22. The Morgan fingerprint density at radius 2 is 1.82 bits per heavy atom. The molecule has 0 bridgehead atoms. The van der Waals surface area contributed by atoms with Crippen molar-refractivity contribution in [2.75, 3.05) is 14.2 Å². The second-order valence-corrected chi connectivity index (χ2v) is 9.54. The van der Waals surface area contributed by atoms with Gasteiger partial charge in [-0.05, 0) is 43.7 Å². The molecule has 2 atom stereocenters. The predicted octanol–water partition coefficient (Wildman–Crippen LogP) is 2.10. The number of nitrogens with one attached hydrogen (secondary N) is 4. The van der Waals surface area contributed by atoms with E-state index in [9.17, 15) is 28.4 Å². The number of nitrogens with zero attached hydrogens (tertiary/aromatic N) is 1. The third-order valence-electron chi connectivity index (χ3n) is 6.93. The fourth-order valence-electron chi connectivity index (χ4n) is 4.75. The van der Waals surface area contributed by atoms with Gasteiger partial charge in [0.2, 0.25) is 0 Å². The van der Waals surface area contributed by atoms with E-state index in [1.165, 1.54) is 26.0 Å². The number of benzene rings is 2. The van der Waals surface area contributed by atoms with Gasteiger partial charge in [0, 0.05) is 35.7 Å². The zero-order valence-electron chi connectivity index (χ0n) is 21.4. The molecule has 0 saturated carbocycles. The van der Waals surface area contributed by atoms with Crippen LogP contribution < -0.4 is 26.0 Å².